The summed E-state index contributed by atoms with van der Waals surface area (Å²) in [5, 5.41) is 3.03. The van der Waals surface area contributed by atoms with Gasteiger partial charge >= 0.3 is 5.97 Å². The van der Waals surface area contributed by atoms with Gasteiger partial charge in [-0.2, -0.15) is 0 Å². The van der Waals surface area contributed by atoms with Gasteiger partial charge in [-0.3, -0.25) is 4.79 Å². The highest BCUT2D eigenvalue weighted by Gasteiger charge is 2.22. The van der Waals surface area contributed by atoms with Crippen LogP contribution in [0.1, 0.15) is 45.4 Å². The maximum atomic E-state index is 11.5. The van der Waals surface area contributed by atoms with Crippen LogP contribution < -0.4 is 5.32 Å². The number of nitrogens with one attached hydrogen (secondary N) is 1. The van der Waals surface area contributed by atoms with Gasteiger partial charge in [0.15, 0.2) is 0 Å². The molecule has 0 heterocycles. The predicted octanol–water partition coefficient (Wildman–Crippen LogP) is 1.79. The number of rotatable bonds is 7. The van der Waals surface area contributed by atoms with E-state index in [4.69, 9.17) is 4.74 Å². The van der Waals surface area contributed by atoms with E-state index in [0.29, 0.717) is 0 Å². The molecule has 4 nitrogen and oxygen atoms in total. The lowest BCUT2D eigenvalue weighted by molar-refractivity contribution is -0.143. The zero-order valence-electron chi connectivity index (χ0n) is 12.1. The van der Waals surface area contributed by atoms with Crippen LogP contribution in [0.2, 0.25) is 0 Å². The summed E-state index contributed by atoms with van der Waals surface area (Å²) in [6.07, 6.45) is 7.55. The van der Waals surface area contributed by atoms with Crippen molar-refractivity contribution in [1.29, 1.82) is 0 Å². The minimum Gasteiger partial charge on any atom is -0.468 e. The van der Waals surface area contributed by atoms with Crippen molar-refractivity contribution in [3.05, 3.63) is 0 Å². The third-order valence-electron chi connectivity index (χ3n) is 4.04. The smallest absolute Gasteiger partial charge is 0.322 e. The topological polar surface area (TPSA) is 41.6 Å². The summed E-state index contributed by atoms with van der Waals surface area (Å²) >= 11 is 0. The number of carbonyl (C=O) groups is 1. The summed E-state index contributed by atoms with van der Waals surface area (Å²) in [5.74, 6) is -0.155. The molecule has 0 aliphatic heterocycles. The molecular formula is C14H28N2O2. The standard InChI is InChI=1S/C14H28N2O2/c1-4-16(12-8-6-5-7-9-12)11-10-13(15-2)14(17)18-3/h12-13,15H,4-11H2,1-3H3. The number of hydrogen-bond acceptors (Lipinski definition) is 4. The van der Waals surface area contributed by atoms with Crippen LogP contribution in [-0.2, 0) is 9.53 Å². The Hall–Kier alpha value is -0.610. The molecule has 1 N–H and O–H groups in total. The highest BCUT2D eigenvalue weighted by molar-refractivity contribution is 5.75. The Morgan fingerprint density at radius 2 is 2.06 bits per heavy atom. The van der Waals surface area contributed by atoms with Gasteiger partial charge in [-0.05, 0) is 32.9 Å². The molecule has 0 amide bonds. The Balaban J connectivity index is 2.39. The van der Waals surface area contributed by atoms with Gasteiger partial charge in [0.2, 0.25) is 0 Å². The number of ether oxygens (including phenoxy) is 1. The van der Waals surface area contributed by atoms with Gasteiger partial charge in [0.05, 0.1) is 7.11 Å². The maximum Gasteiger partial charge on any atom is 0.322 e. The van der Waals surface area contributed by atoms with Gasteiger partial charge < -0.3 is 15.0 Å². The fourth-order valence-corrected chi connectivity index (χ4v) is 2.86. The van der Waals surface area contributed by atoms with Crippen molar-refractivity contribution >= 4 is 5.97 Å². The molecule has 0 aromatic carbocycles. The monoisotopic (exact) mass is 256 g/mol. The average molecular weight is 256 g/mol. The SMILES string of the molecule is CCN(CCC(NC)C(=O)OC)C1CCCCC1. The second-order valence-corrected chi connectivity index (χ2v) is 5.07. The number of esters is 1. The third kappa shape index (κ3) is 4.58. The van der Waals surface area contributed by atoms with Gasteiger partial charge in [0.1, 0.15) is 6.04 Å². The van der Waals surface area contributed by atoms with Crippen LogP contribution in [0.15, 0.2) is 0 Å². The number of methoxy groups -OCH3 is 1. The number of carbonyl (C=O) groups excluding carboxylic acids is 1. The van der Waals surface area contributed by atoms with E-state index in [0.717, 1.165) is 25.6 Å². The molecule has 1 saturated carbocycles. The van der Waals surface area contributed by atoms with Crippen LogP contribution in [0.25, 0.3) is 0 Å². The molecular weight excluding hydrogens is 228 g/mol. The van der Waals surface area contributed by atoms with Crippen LogP contribution in [0, 0.1) is 0 Å². The fraction of sp³-hybridized carbons (Fsp3) is 0.929. The normalized spacial score (nSPS) is 18.9. The van der Waals surface area contributed by atoms with Crippen molar-refractivity contribution < 1.29 is 9.53 Å². The first-order valence-corrected chi connectivity index (χ1v) is 7.22. The Labute approximate surface area is 111 Å². The van der Waals surface area contributed by atoms with Crippen LogP contribution >= 0.6 is 0 Å². The molecule has 1 fully saturated rings. The minimum absolute atomic E-state index is 0.155. The summed E-state index contributed by atoms with van der Waals surface area (Å²) in [6.45, 7) is 4.26. The first kappa shape index (κ1) is 15.4. The van der Waals surface area contributed by atoms with E-state index in [1.54, 1.807) is 0 Å². The van der Waals surface area contributed by atoms with Crippen molar-refractivity contribution in [3.63, 3.8) is 0 Å². The summed E-state index contributed by atoms with van der Waals surface area (Å²) in [5.41, 5.74) is 0. The number of hydrogen-bond donors (Lipinski definition) is 1. The lowest BCUT2D eigenvalue weighted by Gasteiger charge is -2.34. The molecule has 1 aliphatic carbocycles. The molecule has 1 atom stereocenters. The van der Waals surface area contributed by atoms with Gasteiger partial charge in [0, 0.05) is 12.6 Å². The molecule has 0 radical (unpaired) electrons. The summed E-state index contributed by atoms with van der Waals surface area (Å²) < 4.78 is 4.79. The maximum absolute atomic E-state index is 11.5. The van der Waals surface area contributed by atoms with E-state index in [2.05, 4.69) is 17.1 Å². The van der Waals surface area contributed by atoms with Crippen molar-refractivity contribution in [2.75, 3.05) is 27.2 Å². The summed E-state index contributed by atoms with van der Waals surface area (Å²) in [4.78, 5) is 14.0. The van der Waals surface area contributed by atoms with Crippen LogP contribution in [0.4, 0.5) is 0 Å². The first-order chi connectivity index (χ1) is 8.72. The summed E-state index contributed by atoms with van der Waals surface area (Å²) in [6, 6.07) is 0.548. The molecule has 1 unspecified atom stereocenters. The molecule has 1 aliphatic rings. The van der Waals surface area contributed by atoms with E-state index in [9.17, 15) is 4.79 Å². The Morgan fingerprint density at radius 1 is 1.39 bits per heavy atom. The lowest BCUT2D eigenvalue weighted by Crippen LogP contribution is -2.42. The van der Waals surface area contributed by atoms with E-state index in [1.165, 1.54) is 39.2 Å². The zero-order chi connectivity index (χ0) is 13.4. The number of nitrogens with zero attached hydrogens (tertiary/aromatic N) is 1. The molecule has 18 heavy (non-hydrogen) atoms. The largest absolute Gasteiger partial charge is 0.468 e. The van der Waals surface area contributed by atoms with E-state index in [1.807, 2.05) is 7.05 Å². The highest BCUT2D eigenvalue weighted by atomic mass is 16.5. The van der Waals surface area contributed by atoms with Crippen molar-refractivity contribution in [2.24, 2.45) is 0 Å². The second-order valence-electron chi connectivity index (χ2n) is 5.07. The molecule has 106 valence electrons. The van der Waals surface area contributed by atoms with Gasteiger partial charge in [0.25, 0.3) is 0 Å². The van der Waals surface area contributed by atoms with E-state index in [-0.39, 0.29) is 12.0 Å². The van der Waals surface area contributed by atoms with Crippen LogP contribution in [0.3, 0.4) is 0 Å². The molecule has 0 aromatic rings. The van der Waals surface area contributed by atoms with Gasteiger partial charge in [-0.25, -0.2) is 0 Å². The lowest BCUT2D eigenvalue weighted by atomic mass is 9.94. The minimum atomic E-state index is -0.173. The highest BCUT2D eigenvalue weighted by Crippen LogP contribution is 2.22. The number of likely N-dealkylation sites (N-methyl/N-ethyl adjacent to an activating group) is 1. The Morgan fingerprint density at radius 3 is 2.56 bits per heavy atom. The van der Waals surface area contributed by atoms with Crippen molar-refractivity contribution in [2.45, 2.75) is 57.5 Å². The first-order valence-electron chi connectivity index (χ1n) is 7.22. The molecule has 0 aromatic heterocycles. The van der Waals surface area contributed by atoms with E-state index >= 15 is 0 Å². The van der Waals surface area contributed by atoms with Gasteiger partial charge in [-0.1, -0.05) is 26.2 Å². The summed E-state index contributed by atoms with van der Waals surface area (Å²) in [7, 11) is 3.27. The zero-order valence-corrected chi connectivity index (χ0v) is 12.1. The van der Waals surface area contributed by atoms with E-state index < -0.39 is 0 Å². The second kappa shape index (κ2) is 8.48. The molecule has 0 saturated heterocycles. The van der Waals surface area contributed by atoms with Crippen LogP contribution in [0.5, 0.6) is 0 Å². The van der Waals surface area contributed by atoms with Crippen LogP contribution in [-0.4, -0.2) is 50.2 Å². The van der Waals surface area contributed by atoms with Crippen molar-refractivity contribution in [3.8, 4) is 0 Å². The predicted molar refractivity (Wildman–Crippen MR) is 73.6 cm³/mol. The third-order valence-corrected chi connectivity index (χ3v) is 4.04. The van der Waals surface area contributed by atoms with Gasteiger partial charge in [-0.15, -0.1) is 0 Å². The Kier molecular flexibility index (Phi) is 7.28. The fourth-order valence-electron chi connectivity index (χ4n) is 2.86. The average Bonchev–Trinajstić information content (AvgIpc) is 2.44. The quantitative estimate of drug-likeness (QED) is 0.705. The molecule has 1 rings (SSSR count). The molecule has 0 bridgehead atoms. The molecule has 4 heteroatoms. The molecule has 0 spiro atoms. The van der Waals surface area contributed by atoms with Crippen molar-refractivity contribution in [1.82, 2.24) is 10.2 Å². The Bertz CT molecular complexity index is 240.